The largest absolute Gasteiger partial charge is 0.282 e. The van der Waals surface area contributed by atoms with Gasteiger partial charge in [0.2, 0.25) is 0 Å². The van der Waals surface area contributed by atoms with Gasteiger partial charge in [0.05, 0.1) is 29.1 Å². The quantitative estimate of drug-likeness (QED) is 0.914. The Morgan fingerprint density at radius 3 is 2.62 bits per heavy atom. The van der Waals surface area contributed by atoms with E-state index in [1.165, 1.54) is 0 Å². The number of aryl methyl sites for hydroxylation is 1. The highest BCUT2D eigenvalue weighted by molar-refractivity contribution is 5.91. The van der Waals surface area contributed by atoms with E-state index < -0.39 is 24.0 Å². The Bertz CT molecular complexity index is 955. The number of hydrogen-bond donors (Lipinski definition) is 1. The van der Waals surface area contributed by atoms with Crippen molar-refractivity contribution in [1.82, 2.24) is 10.2 Å². The molecule has 1 aromatic carbocycles. The third-order valence-corrected chi connectivity index (χ3v) is 4.26. The molecule has 0 amide bonds. The molecular weight excluding hydrogens is 312 g/mol. The normalized spacial score (nSPS) is 20.9. The van der Waals surface area contributed by atoms with Gasteiger partial charge < -0.3 is 0 Å². The Morgan fingerprint density at radius 1 is 1.25 bits per heavy atom. The summed E-state index contributed by atoms with van der Waals surface area (Å²) in [5.74, 6) is -1.52. The van der Waals surface area contributed by atoms with Crippen molar-refractivity contribution in [3.8, 4) is 12.1 Å². The van der Waals surface area contributed by atoms with Crippen molar-refractivity contribution >= 4 is 16.6 Å². The number of rotatable bonds is 2. The van der Waals surface area contributed by atoms with Crippen LogP contribution in [0.5, 0.6) is 0 Å². The summed E-state index contributed by atoms with van der Waals surface area (Å²) >= 11 is 0. The minimum atomic E-state index is -2.86. The van der Waals surface area contributed by atoms with E-state index in [1.54, 1.807) is 25.1 Å². The lowest BCUT2D eigenvalue weighted by Crippen LogP contribution is -2.26. The first-order valence-electron chi connectivity index (χ1n) is 7.29. The van der Waals surface area contributed by atoms with Crippen LogP contribution in [0.3, 0.4) is 0 Å². The van der Waals surface area contributed by atoms with E-state index in [0.717, 1.165) is 16.6 Å². The molecule has 2 heterocycles. The van der Waals surface area contributed by atoms with E-state index in [4.69, 9.17) is 0 Å². The highest BCUT2D eigenvalue weighted by Crippen LogP contribution is 2.40. The number of benzene rings is 1. The number of fused-ring (bicyclic) bond motifs is 1. The smallest absolute Gasteiger partial charge is 0.281 e. The number of nitrogens with one attached hydrogen (secondary N) is 1. The van der Waals surface area contributed by atoms with E-state index in [0.29, 0.717) is 11.3 Å². The van der Waals surface area contributed by atoms with Crippen LogP contribution in [-0.4, -0.2) is 22.3 Å². The number of nitriles is 2. The summed E-state index contributed by atoms with van der Waals surface area (Å²) in [7, 11) is 0. The number of alkyl halides is 2. The molecule has 1 aliphatic rings. The highest BCUT2D eigenvalue weighted by atomic mass is 19.3. The highest BCUT2D eigenvalue weighted by Gasteiger charge is 2.37. The molecule has 24 heavy (non-hydrogen) atoms. The van der Waals surface area contributed by atoms with Gasteiger partial charge in [-0.2, -0.15) is 15.6 Å². The van der Waals surface area contributed by atoms with Crippen molar-refractivity contribution in [3.63, 3.8) is 0 Å². The van der Waals surface area contributed by atoms with Gasteiger partial charge in [-0.3, -0.25) is 10.1 Å². The minimum absolute atomic E-state index is 0.150. The summed E-state index contributed by atoms with van der Waals surface area (Å²) in [6, 6.07) is 9.20. The Hall–Kier alpha value is -3.06. The predicted octanol–water partition coefficient (Wildman–Crippen LogP) is 3.61. The van der Waals surface area contributed by atoms with Crippen LogP contribution in [0.15, 0.2) is 34.5 Å². The van der Waals surface area contributed by atoms with Gasteiger partial charge in [0.1, 0.15) is 5.70 Å². The van der Waals surface area contributed by atoms with Crippen molar-refractivity contribution in [2.45, 2.75) is 26.2 Å². The molecule has 0 fully saturated rings. The standard InChI is InChI=1S/C17H13F2N5/c1-8-12(6-20)15(13(7-21)16(22-8)17(18)19)10-3-4-14-11(5-10)9(2)23-24-14/h3-5,12,15,17H,1-2H3,(H,23,24). The summed E-state index contributed by atoms with van der Waals surface area (Å²) in [6.45, 7) is 3.39. The van der Waals surface area contributed by atoms with Crippen LogP contribution >= 0.6 is 0 Å². The van der Waals surface area contributed by atoms with Crippen LogP contribution in [0.25, 0.3) is 10.9 Å². The van der Waals surface area contributed by atoms with Crippen molar-refractivity contribution in [1.29, 1.82) is 10.5 Å². The second-order valence-corrected chi connectivity index (χ2v) is 5.67. The van der Waals surface area contributed by atoms with Gasteiger partial charge in [-0.15, -0.1) is 0 Å². The fraction of sp³-hybridized carbons (Fsp3) is 0.294. The second-order valence-electron chi connectivity index (χ2n) is 5.67. The fourth-order valence-corrected chi connectivity index (χ4v) is 3.06. The Kier molecular flexibility index (Phi) is 3.86. The van der Waals surface area contributed by atoms with Gasteiger partial charge in [-0.1, -0.05) is 6.07 Å². The van der Waals surface area contributed by atoms with E-state index in [-0.39, 0.29) is 5.57 Å². The first kappa shape index (κ1) is 15.8. The number of allylic oxidation sites excluding steroid dienone is 2. The SMILES string of the molecule is CC1=NC(C(F)F)=C(C#N)C(c2ccc3n[nH]c(C)c3c2)C1C#N. The number of aromatic amines is 1. The molecule has 1 aromatic heterocycles. The summed E-state index contributed by atoms with van der Waals surface area (Å²) in [5, 5.41) is 26.7. The monoisotopic (exact) mass is 325 g/mol. The lowest BCUT2D eigenvalue weighted by Gasteiger charge is -2.27. The summed E-state index contributed by atoms with van der Waals surface area (Å²) in [4.78, 5) is 3.81. The molecule has 3 rings (SSSR count). The van der Waals surface area contributed by atoms with Gasteiger partial charge in [0, 0.05) is 22.7 Å². The van der Waals surface area contributed by atoms with Crippen LogP contribution in [-0.2, 0) is 0 Å². The van der Waals surface area contributed by atoms with Crippen molar-refractivity contribution in [3.05, 3.63) is 40.7 Å². The Labute approximate surface area is 136 Å². The summed E-state index contributed by atoms with van der Waals surface area (Å²) in [5.41, 5.74) is 1.79. The Balaban J connectivity index is 2.24. The number of halogens is 2. The van der Waals surface area contributed by atoms with Gasteiger partial charge in [0.25, 0.3) is 6.43 Å². The van der Waals surface area contributed by atoms with Crippen LogP contribution in [0, 0.1) is 35.5 Å². The molecule has 0 saturated carbocycles. The third-order valence-electron chi connectivity index (χ3n) is 4.26. The molecule has 2 atom stereocenters. The van der Waals surface area contributed by atoms with Crippen LogP contribution < -0.4 is 0 Å². The van der Waals surface area contributed by atoms with Gasteiger partial charge in [0.15, 0.2) is 0 Å². The number of aromatic nitrogens is 2. The van der Waals surface area contributed by atoms with Crippen LogP contribution in [0.1, 0.15) is 24.1 Å². The third kappa shape index (κ3) is 2.35. The fourth-order valence-electron chi connectivity index (χ4n) is 3.06. The second kappa shape index (κ2) is 5.86. The van der Waals surface area contributed by atoms with Crippen molar-refractivity contribution in [2.75, 3.05) is 0 Å². The molecule has 1 aliphatic heterocycles. The number of hydrogen-bond acceptors (Lipinski definition) is 4. The zero-order valence-electron chi connectivity index (χ0n) is 13.0. The van der Waals surface area contributed by atoms with E-state index >= 15 is 0 Å². The van der Waals surface area contributed by atoms with Crippen molar-refractivity contribution in [2.24, 2.45) is 10.9 Å². The molecule has 7 heteroatoms. The molecule has 0 radical (unpaired) electrons. The maximum absolute atomic E-state index is 13.3. The van der Waals surface area contributed by atoms with Gasteiger partial charge >= 0.3 is 0 Å². The number of nitrogens with zero attached hydrogens (tertiary/aromatic N) is 4. The lowest BCUT2D eigenvalue weighted by molar-refractivity contribution is 0.185. The average Bonchev–Trinajstić information content (AvgIpc) is 2.94. The zero-order valence-corrected chi connectivity index (χ0v) is 13.0. The number of H-pyrrole nitrogens is 1. The molecule has 2 unspecified atom stereocenters. The summed E-state index contributed by atoms with van der Waals surface area (Å²) < 4.78 is 26.6. The molecule has 2 aromatic rings. The molecule has 0 bridgehead atoms. The topological polar surface area (TPSA) is 88.6 Å². The van der Waals surface area contributed by atoms with E-state index in [9.17, 15) is 19.3 Å². The predicted molar refractivity (Wildman–Crippen MR) is 84.4 cm³/mol. The molecule has 0 aliphatic carbocycles. The molecular formula is C17H13F2N5. The van der Waals surface area contributed by atoms with Crippen LogP contribution in [0.4, 0.5) is 8.78 Å². The molecule has 0 spiro atoms. The Morgan fingerprint density at radius 2 is 2.00 bits per heavy atom. The minimum Gasteiger partial charge on any atom is -0.282 e. The molecule has 120 valence electrons. The first-order valence-corrected chi connectivity index (χ1v) is 7.29. The van der Waals surface area contributed by atoms with Crippen molar-refractivity contribution < 1.29 is 8.78 Å². The van der Waals surface area contributed by atoms with E-state index in [1.807, 2.05) is 13.0 Å². The maximum Gasteiger partial charge on any atom is 0.281 e. The van der Waals surface area contributed by atoms with Gasteiger partial charge in [-0.05, 0) is 31.5 Å². The molecule has 0 saturated heterocycles. The lowest BCUT2D eigenvalue weighted by atomic mass is 9.76. The zero-order chi connectivity index (χ0) is 17.4. The molecule has 5 nitrogen and oxygen atoms in total. The van der Waals surface area contributed by atoms with E-state index in [2.05, 4.69) is 21.3 Å². The first-order chi connectivity index (χ1) is 11.5. The van der Waals surface area contributed by atoms with Crippen LogP contribution in [0.2, 0.25) is 0 Å². The summed E-state index contributed by atoms with van der Waals surface area (Å²) in [6.07, 6.45) is -2.86. The maximum atomic E-state index is 13.3. The molecule has 1 N–H and O–H groups in total. The number of aliphatic imine (C=N–C) groups is 1. The average molecular weight is 325 g/mol. The van der Waals surface area contributed by atoms with Gasteiger partial charge in [-0.25, -0.2) is 8.78 Å².